The van der Waals surface area contributed by atoms with Crippen LogP contribution in [-0.4, -0.2) is 12.5 Å². The Morgan fingerprint density at radius 2 is 1.48 bits per heavy atom. The average molecular weight is 331 g/mol. The van der Waals surface area contributed by atoms with Crippen LogP contribution in [0.4, 0.5) is 27.6 Å². The van der Waals surface area contributed by atoms with Gasteiger partial charge in [0.25, 0.3) is 5.91 Å². The van der Waals surface area contributed by atoms with E-state index < -0.39 is 40.7 Å². The maximum absolute atomic E-state index is 13.6. The molecule has 1 amide bonds. The largest absolute Gasteiger partial charge is 0.493 e. The molecular weight excluding hydrogens is 321 g/mol. The van der Waals surface area contributed by atoms with Crippen molar-refractivity contribution in [2.24, 2.45) is 0 Å². The van der Waals surface area contributed by atoms with E-state index in [0.29, 0.717) is 0 Å². The first kappa shape index (κ1) is 16.7. The van der Waals surface area contributed by atoms with E-state index in [0.717, 1.165) is 0 Å². The van der Waals surface area contributed by atoms with Crippen LogP contribution in [0, 0.1) is 29.1 Å². The van der Waals surface area contributed by atoms with Gasteiger partial charge < -0.3 is 10.1 Å². The summed E-state index contributed by atoms with van der Waals surface area (Å²) in [5.74, 6) is -11.8. The van der Waals surface area contributed by atoms with Crippen LogP contribution in [0.5, 0.6) is 5.75 Å². The zero-order chi connectivity index (χ0) is 17.1. The maximum Gasteiger partial charge on any atom is 0.259 e. The number of carbonyl (C=O) groups is 1. The fourth-order valence-corrected chi connectivity index (χ4v) is 1.83. The van der Waals surface area contributed by atoms with Crippen molar-refractivity contribution in [2.75, 3.05) is 11.9 Å². The highest BCUT2D eigenvalue weighted by Gasteiger charge is 2.27. The van der Waals surface area contributed by atoms with E-state index in [4.69, 9.17) is 4.74 Å². The summed E-state index contributed by atoms with van der Waals surface area (Å²) in [7, 11) is 0. The molecule has 0 atom stereocenters. The van der Waals surface area contributed by atoms with Crippen molar-refractivity contribution < 1.29 is 31.5 Å². The second-order valence-corrected chi connectivity index (χ2v) is 4.33. The molecule has 0 spiro atoms. The number of hydrogen-bond donors (Lipinski definition) is 1. The smallest absolute Gasteiger partial charge is 0.259 e. The molecule has 0 fully saturated rings. The Kier molecular flexibility index (Phi) is 4.83. The van der Waals surface area contributed by atoms with Crippen molar-refractivity contribution in [1.82, 2.24) is 0 Å². The van der Waals surface area contributed by atoms with E-state index in [9.17, 15) is 26.7 Å². The van der Waals surface area contributed by atoms with Crippen molar-refractivity contribution in [3.63, 3.8) is 0 Å². The molecule has 122 valence electrons. The van der Waals surface area contributed by atoms with E-state index in [2.05, 4.69) is 0 Å². The Balaban J connectivity index is 2.43. The highest BCUT2D eigenvalue weighted by atomic mass is 19.2. The molecule has 1 N–H and O–H groups in total. The molecule has 0 aliphatic rings. The Morgan fingerprint density at radius 1 is 0.957 bits per heavy atom. The van der Waals surface area contributed by atoms with Gasteiger partial charge in [-0.2, -0.15) is 0 Å². The Hall–Kier alpha value is -2.64. The van der Waals surface area contributed by atoms with Gasteiger partial charge in [0.1, 0.15) is 11.4 Å². The number of hydrogen-bond acceptors (Lipinski definition) is 2. The van der Waals surface area contributed by atoms with Crippen molar-refractivity contribution in [1.29, 1.82) is 0 Å². The first-order valence-corrected chi connectivity index (χ1v) is 6.43. The topological polar surface area (TPSA) is 38.3 Å². The molecule has 23 heavy (non-hydrogen) atoms. The Labute approximate surface area is 127 Å². The predicted octanol–water partition coefficient (Wildman–Crippen LogP) is 4.03. The van der Waals surface area contributed by atoms with E-state index in [-0.39, 0.29) is 17.9 Å². The third-order valence-electron chi connectivity index (χ3n) is 2.88. The van der Waals surface area contributed by atoms with Crippen LogP contribution in [0.1, 0.15) is 17.3 Å². The first-order chi connectivity index (χ1) is 10.9. The SMILES string of the molecule is CCOc1ccccc1C(=O)Nc1c(F)c(F)c(F)c(F)c1F. The third kappa shape index (κ3) is 3.10. The highest BCUT2D eigenvalue weighted by Crippen LogP contribution is 2.28. The summed E-state index contributed by atoms with van der Waals surface area (Å²) in [6.07, 6.45) is 0. The summed E-state index contributed by atoms with van der Waals surface area (Å²) in [4.78, 5) is 12.1. The molecule has 0 saturated carbocycles. The number of anilines is 1. The average Bonchev–Trinajstić information content (AvgIpc) is 2.56. The van der Waals surface area contributed by atoms with Crippen LogP contribution in [0.3, 0.4) is 0 Å². The van der Waals surface area contributed by atoms with Gasteiger partial charge in [-0.05, 0) is 19.1 Å². The van der Waals surface area contributed by atoms with E-state index in [1.54, 1.807) is 18.3 Å². The van der Waals surface area contributed by atoms with Gasteiger partial charge in [0, 0.05) is 0 Å². The molecule has 0 bridgehead atoms. The minimum atomic E-state index is -2.30. The van der Waals surface area contributed by atoms with Crippen LogP contribution in [-0.2, 0) is 0 Å². The van der Waals surface area contributed by atoms with Gasteiger partial charge in [0.05, 0.1) is 12.2 Å². The molecule has 0 radical (unpaired) electrons. The number of para-hydroxylation sites is 1. The molecule has 0 aliphatic carbocycles. The number of carbonyl (C=O) groups excluding carboxylic acids is 1. The molecule has 0 heterocycles. The quantitative estimate of drug-likeness (QED) is 0.522. The van der Waals surface area contributed by atoms with Gasteiger partial charge in [0.15, 0.2) is 23.3 Å². The lowest BCUT2D eigenvalue weighted by Gasteiger charge is -2.12. The van der Waals surface area contributed by atoms with Gasteiger partial charge in [-0.3, -0.25) is 4.79 Å². The molecule has 0 saturated heterocycles. The molecular formula is C15H10F5NO2. The van der Waals surface area contributed by atoms with Crippen molar-refractivity contribution >= 4 is 11.6 Å². The lowest BCUT2D eigenvalue weighted by molar-refractivity contribution is 0.102. The van der Waals surface area contributed by atoms with Crippen molar-refractivity contribution in [2.45, 2.75) is 6.92 Å². The van der Waals surface area contributed by atoms with E-state index in [1.807, 2.05) is 0 Å². The number of halogens is 5. The number of benzene rings is 2. The standard InChI is InChI=1S/C15H10F5NO2/c1-2-23-8-6-4-3-5-7(8)15(22)21-14-12(19)10(17)9(16)11(18)13(14)20/h3-6H,2H2,1H3,(H,21,22). The zero-order valence-electron chi connectivity index (χ0n) is 11.7. The first-order valence-electron chi connectivity index (χ1n) is 6.43. The van der Waals surface area contributed by atoms with Gasteiger partial charge in [-0.25, -0.2) is 22.0 Å². The molecule has 2 aromatic carbocycles. The molecule has 2 aromatic rings. The van der Waals surface area contributed by atoms with Crippen LogP contribution >= 0.6 is 0 Å². The molecule has 0 aromatic heterocycles. The molecule has 0 unspecified atom stereocenters. The fraction of sp³-hybridized carbons (Fsp3) is 0.133. The normalized spacial score (nSPS) is 10.5. The molecule has 0 aliphatic heterocycles. The van der Waals surface area contributed by atoms with Crippen LogP contribution in [0.2, 0.25) is 0 Å². The lowest BCUT2D eigenvalue weighted by Crippen LogP contribution is -2.17. The second kappa shape index (κ2) is 6.64. The van der Waals surface area contributed by atoms with Gasteiger partial charge in [-0.15, -0.1) is 0 Å². The van der Waals surface area contributed by atoms with Gasteiger partial charge >= 0.3 is 0 Å². The minimum absolute atomic E-state index is 0.108. The third-order valence-corrected chi connectivity index (χ3v) is 2.88. The Bertz CT molecular complexity index is 735. The van der Waals surface area contributed by atoms with Crippen molar-refractivity contribution in [3.8, 4) is 5.75 Å². The summed E-state index contributed by atoms with van der Waals surface area (Å²) in [5, 5.41) is 1.69. The second-order valence-electron chi connectivity index (χ2n) is 4.33. The van der Waals surface area contributed by atoms with Crippen LogP contribution in [0.15, 0.2) is 24.3 Å². The fourth-order valence-electron chi connectivity index (χ4n) is 1.83. The minimum Gasteiger partial charge on any atom is -0.493 e. The molecule has 3 nitrogen and oxygen atoms in total. The van der Waals surface area contributed by atoms with E-state index in [1.165, 1.54) is 18.2 Å². The summed E-state index contributed by atoms with van der Waals surface area (Å²) in [6, 6.07) is 5.72. The summed E-state index contributed by atoms with van der Waals surface area (Å²) in [6.45, 7) is 1.87. The lowest BCUT2D eigenvalue weighted by atomic mass is 10.1. The van der Waals surface area contributed by atoms with Crippen LogP contribution < -0.4 is 10.1 Å². The number of amides is 1. The summed E-state index contributed by atoms with van der Waals surface area (Å²) >= 11 is 0. The van der Waals surface area contributed by atoms with E-state index >= 15 is 0 Å². The number of rotatable bonds is 4. The van der Waals surface area contributed by atoms with Crippen LogP contribution in [0.25, 0.3) is 0 Å². The number of nitrogens with one attached hydrogen (secondary N) is 1. The molecule has 8 heteroatoms. The molecule has 2 rings (SSSR count). The predicted molar refractivity (Wildman–Crippen MR) is 71.8 cm³/mol. The summed E-state index contributed by atoms with van der Waals surface area (Å²) < 4.78 is 71.5. The Morgan fingerprint density at radius 3 is 2.04 bits per heavy atom. The number of ether oxygens (including phenoxy) is 1. The summed E-state index contributed by atoms with van der Waals surface area (Å²) in [5.41, 5.74) is -1.53. The maximum atomic E-state index is 13.6. The monoisotopic (exact) mass is 331 g/mol. The highest BCUT2D eigenvalue weighted by molar-refractivity contribution is 6.06. The zero-order valence-corrected chi connectivity index (χ0v) is 11.7. The van der Waals surface area contributed by atoms with Crippen molar-refractivity contribution in [3.05, 3.63) is 58.9 Å². The van der Waals surface area contributed by atoms with Gasteiger partial charge in [0.2, 0.25) is 5.82 Å². The van der Waals surface area contributed by atoms with Gasteiger partial charge in [-0.1, -0.05) is 12.1 Å².